The molecule has 21 heavy (non-hydrogen) atoms. The third-order valence-corrected chi connectivity index (χ3v) is 3.21. The minimum absolute atomic E-state index is 0.0458. The van der Waals surface area contributed by atoms with Gasteiger partial charge < -0.3 is 10.6 Å². The first-order chi connectivity index (χ1) is 9.81. The van der Waals surface area contributed by atoms with E-state index in [0.717, 1.165) is 18.3 Å². The Morgan fingerprint density at radius 2 is 1.95 bits per heavy atom. The van der Waals surface area contributed by atoms with E-state index in [2.05, 4.69) is 36.5 Å². The quantitative estimate of drug-likeness (QED) is 0.802. The molecule has 112 valence electrons. The molecule has 0 atom stereocenters. The second-order valence-corrected chi connectivity index (χ2v) is 4.81. The lowest BCUT2D eigenvalue weighted by Crippen LogP contribution is -2.07. The molecule has 4 nitrogen and oxygen atoms in total. The molecule has 0 bridgehead atoms. The Hall–Kier alpha value is -1.90. The second kappa shape index (κ2) is 5.84. The number of rotatable bonds is 3. The SMILES string of the molecule is CNc1ncc(F)c(Nc2cc(C(F)(F)F)ccc2Br)n1. The number of anilines is 3. The molecular weight excluding hydrogens is 356 g/mol. The maximum absolute atomic E-state index is 13.6. The molecule has 0 aliphatic rings. The predicted molar refractivity (Wildman–Crippen MR) is 74.0 cm³/mol. The summed E-state index contributed by atoms with van der Waals surface area (Å²) in [7, 11) is 1.54. The summed E-state index contributed by atoms with van der Waals surface area (Å²) in [4.78, 5) is 7.46. The van der Waals surface area contributed by atoms with Crippen LogP contribution in [0, 0.1) is 5.82 Å². The number of benzene rings is 1. The minimum Gasteiger partial charge on any atom is -0.357 e. The molecule has 2 aromatic rings. The van der Waals surface area contributed by atoms with Crippen molar-refractivity contribution in [3.8, 4) is 0 Å². The smallest absolute Gasteiger partial charge is 0.357 e. The van der Waals surface area contributed by atoms with Crippen LogP contribution < -0.4 is 10.6 Å². The molecular formula is C12H9BrF4N4. The topological polar surface area (TPSA) is 49.8 Å². The molecule has 1 aromatic carbocycles. The number of hydrogen-bond acceptors (Lipinski definition) is 4. The van der Waals surface area contributed by atoms with Crippen LogP contribution in [-0.2, 0) is 6.18 Å². The van der Waals surface area contributed by atoms with Gasteiger partial charge in [0, 0.05) is 11.5 Å². The van der Waals surface area contributed by atoms with Crippen molar-refractivity contribution in [1.29, 1.82) is 0 Å². The van der Waals surface area contributed by atoms with E-state index in [1.165, 1.54) is 13.1 Å². The Morgan fingerprint density at radius 3 is 2.57 bits per heavy atom. The number of hydrogen-bond donors (Lipinski definition) is 2. The molecule has 0 amide bonds. The molecule has 0 saturated heterocycles. The van der Waals surface area contributed by atoms with Crippen LogP contribution in [0.5, 0.6) is 0 Å². The molecule has 0 fully saturated rings. The van der Waals surface area contributed by atoms with Gasteiger partial charge in [-0.1, -0.05) is 0 Å². The number of halogens is 5. The van der Waals surface area contributed by atoms with Crippen LogP contribution in [0.25, 0.3) is 0 Å². The van der Waals surface area contributed by atoms with Gasteiger partial charge in [-0.2, -0.15) is 18.2 Å². The maximum atomic E-state index is 13.6. The van der Waals surface area contributed by atoms with Crippen LogP contribution in [0.2, 0.25) is 0 Å². The third kappa shape index (κ3) is 3.60. The molecule has 1 heterocycles. The number of alkyl halides is 3. The van der Waals surface area contributed by atoms with Crippen LogP contribution in [0.1, 0.15) is 5.56 Å². The average Bonchev–Trinajstić information content (AvgIpc) is 2.42. The van der Waals surface area contributed by atoms with E-state index in [-0.39, 0.29) is 17.5 Å². The van der Waals surface area contributed by atoms with Gasteiger partial charge in [-0.05, 0) is 34.1 Å². The van der Waals surface area contributed by atoms with Gasteiger partial charge in [0.05, 0.1) is 17.4 Å². The van der Waals surface area contributed by atoms with Crippen LogP contribution in [0.3, 0.4) is 0 Å². The largest absolute Gasteiger partial charge is 0.416 e. The van der Waals surface area contributed by atoms with Crippen molar-refractivity contribution in [1.82, 2.24) is 9.97 Å². The zero-order valence-corrected chi connectivity index (χ0v) is 12.2. The molecule has 0 aliphatic carbocycles. The maximum Gasteiger partial charge on any atom is 0.416 e. The summed E-state index contributed by atoms with van der Waals surface area (Å²) in [6, 6.07) is 3.01. The molecule has 2 rings (SSSR count). The van der Waals surface area contributed by atoms with E-state index in [9.17, 15) is 17.6 Å². The molecule has 0 unspecified atom stereocenters. The van der Waals surface area contributed by atoms with Gasteiger partial charge in [-0.15, -0.1) is 0 Å². The van der Waals surface area contributed by atoms with Crippen molar-refractivity contribution in [3.05, 3.63) is 40.2 Å². The van der Waals surface area contributed by atoms with Crippen molar-refractivity contribution in [3.63, 3.8) is 0 Å². The highest BCUT2D eigenvalue weighted by molar-refractivity contribution is 9.10. The van der Waals surface area contributed by atoms with Crippen LogP contribution >= 0.6 is 15.9 Å². The highest BCUT2D eigenvalue weighted by Crippen LogP contribution is 2.35. The fourth-order valence-corrected chi connectivity index (χ4v) is 1.85. The predicted octanol–water partition coefficient (Wildman–Crippen LogP) is 4.18. The Kier molecular flexibility index (Phi) is 4.31. The lowest BCUT2D eigenvalue weighted by Gasteiger charge is -2.13. The zero-order valence-electron chi connectivity index (χ0n) is 10.6. The van der Waals surface area contributed by atoms with Crippen molar-refractivity contribution in [2.75, 3.05) is 17.7 Å². The van der Waals surface area contributed by atoms with Gasteiger partial charge in [0.25, 0.3) is 0 Å². The summed E-state index contributed by atoms with van der Waals surface area (Å²) < 4.78 is 52.0. The molecule has 2 N–H and O–H groups in total. The van der Waals surface area contributed by atoms with Gasteiger partial charge in [0.1, 0.15) is 0 Å². The standard InChI is InChI=1S/C12H9BrF4N4/c1-18-11-19-5-8(14)10(21-11)20-9-4-6(12(15,16)17)2-3-7(9)13/h2-5H,1H3,(H2,18,19,20,21). The first-order valence-electron chi connectivity index (χ1n) is 5.65. The number of nitrogens with zero attached hydrogens (tertiary/aromatic N) is 2. The van der Waals surface area contributed by atoms with Gasteiger partial charge in [-0.3, -0.25) is 0 Å². The molecule has 0 spiro atoms. The Morgan fingerprint density at radius 1 is 1.24 bits per heavy atom. The molecule has 9 heteroatoms. The lowest BCUT2D eigenvalue weighted by atomic mass is 10.2. The fourth-order valence-electron chi connectivity index (χ4n) is 1.50. The van der Waals surface area contributed by atoms with Crippen LogP contribution in [0.4, 0.5) is 35.0 Å². The number of aromatic nitrogens is 2. The minimum atomic E-state index is -4.49. The van der Waals surface area contributed by atoms with Gasteiger partial charge >= 0.3 is 6.18 Å². The van der Waals surface area contributed by atoms with E-state index in [4.69, 9.17) is 0 Å². The van der Waals surface area contributed by atoms with Crippen molar-refractivity contribution in [2.45, 2.75) is 6.18 Å². The summed E-state index contributed by atoms with van der Waals surface area (Å²) >= 11 is 3.10. The third-order valence-electron chi connectivity index (χ3n) is 2.51. The summed E-state index contributed by atoms with van der Waals surface area (Å²) in [5, 5.41) is 5.12. The average molecular weight is 365 g/mol. The van der Waals surface area contributed by atoms with Gasteiger partial charge in [-0.25, -0.2) is 9.37 Å². The van der Waals surface area contributed by atoms with E-state index in [1.807, 2.05) is 0 Å². The van der Waals surface area contributed by atoms with E-state index >= 15 is 0 Å². The molecule has 0 aliphatic heterocycles. The van der Waals surface area contributed by atoms with E-state index < -0.39 is 17.6 Å². The highest BCUT2D eigenvalue weighted by Gasteiger charge is 2.31. The van der Waals surface area contributed by atoms with Gasteiger partial charge in [0.15, 0.2) is 11.6 Å². The first kappa shape index (κ1) is 15.5. The second-order valence-electron chi connectivity index (χ2n) is 3.96. The molecule has 0 saturated carbocycles. The first-order valence-corrected chi connectivity index (χ1v) is 6.44. The summed E-state index contributed by atoms with van der Waals surface area (Å²) in [6.07, 6.45) is -3.57. The summed E-state index contributed by atoms with van der Waals surface area (Å²) in [5.41, 5.74) is -0.805. The monoisotopic (exact) mass is 364 g/mol. The van der Waals surface area contributed by atoms with Crippen molar-refractivity contribution in [2.24, 2.45) is 0 Å². The Labute approximate surface area is 125 Å². The zero-order chi connectivity index (χ0) is 15.6. The Bertz CT molecular complexity index is 660. The number of nitrogens with one attached hydrogen (secondary N) is 2. The molecule has 1 aromatic heterocycles. The lowest BCUT2D eigenvalue weighted by molar-refractivity contribution is -0.137. The van der Waals surface area contributed by atoms with Crippen molar-refractivity contribution < 1.29 is 17.6 Å². The summed E-state index contributed by atoms with van der Waals surface area (Å²) in [6.45, 7) is 0. The van der Waals surface area contributed by atoms with Crippen LogP contribution in [-0.4, -0.2) is 17.0 Å². The molecule has 0 radical (unpaired) electrons. The van der Waals surface area contributed by atoms with Gasteiger partial charge in [0.2, 0.25) is 5.95 Å². The highest BCUT2D eigenvalue weighted by atomic mass is 79.9. The van der Waals surface area contributed by atoms with Crippen LogP contribution in [0.15, 0.2) is 28.9 Å². The Balaban J connectivity index is 2.39. The van der Waals surface area contributed by atoms with E-state index in [0.29, 0.717) is 4.47 Å². The fraction of sp³-hybridized carbons (Fsp3) is 0.167. The summed E-state index contributed by atoms with van der Waals surface area (Å²) in [5.74, 6) is -0.866. The van der Waals surface area contributed by atoms with Crippen molar-refractivity contribution >= 4 is 33.4 Å². The van der Waals surface area contributed by atoms with E-state index in [1.54, 1.807) is 0 Å². The normalized spacial score (nSPS) is 11.3.